The summed E-state index contributed by atoms with van der Waals surface area (Å²) in [6.45, 7) is 2.04. The molecule has 0 fully saturated rings. The zero-order chi connectivity index (χ0) is 22.2. The van der Waals surface area contributed by atoms with Crippen LogP contribution in [-0.4, -0.2) is 94.8 Å². The Morgan fingerprint density at radius 2 is 1.56 bits per heavy atom. The Balaban J connectivity index is -0.000000326. The van der Waals surface area contributed by atoms with E-state index in [1.54, 1.807) is 7.05 Å². The molecule has 0 aliphatic rings. The third-order valence-corrected chi connectivity index (χ3v) is 2.79. The van der Waals surface area contributed by atoms with Crippen LogP contribution < -0.4 is 22.9 Å². The third kappa shape index (κ3) is 20.7. The number of aliphatic imine (C=N–C) groups is 1. The number of hydrogen-bond donors (Lipinski definition) is 9. The second-order valence-electron chi connectivity index (χ2n) is 4.99. The minimum absolute atomic E-state index is 0.00208. The van der Waals surface area contributed by atoms with E-state index in [9.17, 15) is 9.59 Å². The maximum Gasteiger partial charge on any atom is 0.326 e. The molecule has 0 saturated carbocycles. The van der Waals surface area contributed by atoms with Crippen LogP contribution in [0.25, 0.3) is 0 Å². The Bertz CT molecular complexity index is 490. The van der Waals surface area contributed by atoms with E-state index in [0.717, 1.165) is 0 Å². The van der Waals surface area contributed by atoms with Gasteiger partial charge in [-0.1, -0.05) is 0 Å². The van der Waals surface area contributed by atoms with Gasteiger partial charge in [-0.15, -0.1) is 0 Å². The molecule has 0 saturated heterocycles. The molecule has 13 N–H and O–H groups in total. The number of rotatable bonds is 7. The van der Waals surface area contributed by atoms with Crippen molar-refractivity contribution in [2.24, 2.45) is 27.9 Å². The summed E-state index contributed by atoms with van der Waals surface area (Å²) in [5, 5.41) is 38.4. The first-order valence-corrected chi connectivity index (χ1v) is 7.50. The van der Waals surface area contributed by atoms with Crippen molar-refractivity contribution >= 4 is 29.8 Å². The van der Waals surface area contributed by atoms with E-state index in [1.807, 2.05) is 0 Å². The lowest BCUT2D eigenvalue weighted by Gasteiger charge is -2.20. The van der Waals surface area contributed by atoms with Crippen molar-refractivity contribution in [3.8, 4) is 0 Å². The summed E-state index contributed by atoms with van der Waals surface area (Å²) < 4.78 is 0. The molecule has 1 atom stereocenters. The highest BCUT2D eigenvalue weighted by atomic mass is 16.4. The molecule has 14 heteroatoms. The molecule has 27 heavy (non-hydrogen) atoms. The first-order valence-electron chi connectivity index (χ1n) is 7.50. The number of aliphatic carboxylic acids is 2. The van der Waals surface area contributed by atoms with Crippen molar-refractivity contribution in [2.45, 2.75) is 19.4 Å². The van der Waals surface area contributed by atoms with Gasteiger partial charge in [0.1, 0.15) is 6.04 Å². The van der Waals surface area contributed by atoms with Crippen molar-refractivity contribution in [3.05, 3.63) is 0 Å². The van der Waals surface area contributed by atoms with E-state index in [2.05, 4.69) is 4.99 Å². The summed E-state index contributed by atoms with van der Waals surface area (Å²) >= 11 is 0. The number of carboxylic acid groups (broad SMARTS) is 2. The van der Waals surface area contributed by atoms with E-state index < -0.39 is 18.0 Å². The summed E-state index contributed by atoms with van der Waals surface area (Å²) in [6.07, 6.45) is 0.01000. The number of nitrogens with zero attached hydrogens (tertiary/aromatic N) is 3. The number of guanidine groups is 3. The van der Waals surface area contributed by atoms with Crippen LogP contribution in [0.1, 0.15) is 13.3 Å². The zero-order valence-electron chi connectivity index (χ0n) is 15.7. The standard InChI is InChI=1S/2C5H11N3O2.C3H9N3O/c1-8(5(6)7)3-2-4(9)10;1-3(4(9)10)8(2)5(6)7;4-3(5)6-1-2-7/h2-3H2,1H3,(H3,6,7)(H,9,10);3H,1-2H3,(H3,6,7)(H,9,10);7H,1-2H2,(H4,4,5,6). The molecule has 0 heterocycles. The van der Waals surface area contributed by atoms with Crippen LogP contribution in [0, 0.1) is 10.8 Å². The summed E-state index contributed by atoms with van der Waals surface area (Å²) in [6, 6.07) is -0.738. The van der Waals surface area contributed by atoms with Crippen LogP contribution in [0.2, 0.25) is 0 Å². The van der Waals surface area contributed by atoms with Gasteiger partial charge >= 0.3 is 11.9 Å². The highest BCUT2D eigenvalue weighted by molar-refractivity contribution is 5.82. The van der Waals surface area contributed by atoms with Crippen LogP contribution in [0.4, 0.5) is 0 Å². The van der Waals surface area contributed by atoms with E-state index in [4.69, 9.17) is 49.1 Å². The Morgan fingerprint density at radius 1 is 1.07 bits per heavy atom. The summed E-state index contributed by atoms with van der Waals surface area (Å²) in [5.41, 5.74) is 19.8. The van der Waals surface area contributed by atoms with Gasteiger partial charge in [-0.05, 0) is 6.92 Å². The van der Waals surface area contributed by atoms with Gasteiger partial charge in [0.05, 0.1) is 19.6 Å². The van der Waals surface area contributed by atoms with Crippen molar-refractivity contribution < 1.29 is 24.9 Å². The summed E-state index contributed by atoms with van der Waals surface area (Å²) in [7, 11) is 3.03. The lowest BCUT2D eigenvalue weighted by Crippen LogP contribution is -2.43. The predicted octanol–water partition coefficient (Wildman–Crippen LogP) is -3.18. The largest absolute Gasteiger partial charge is 0.481 e. The van der Waals surface area contributed by atoms with Gasteiger partial charge in [0.15, 0.2) is 17.9 Å². The molecule has 0 aromatic rings. The quantitative estimate of drug-likeness (QED) is 0.154. The van der Waals surface area contributed by atoms with E-state index >= 15 is 0 Å². The van der Waals surface area contributed by atoms with E-state index in [0.29, 0.717) is 6.54 Å². The summed E-state index contributed by atoms with van der Waals surface area (Å²) in [5.74, 6) is -2.20. The molecule has 0 bridgehead atoms. The third-order valence-electron chi connectivity index (χ3n) is 2.79. The molecule has 158 valence electrons. The Hall–Kier alpha value is -3.29. The molecule has 0 aliphatic carbocycles. The normalized spacial score (nSPS) is 9.93. The maximum absolute atomic E-state index is 10.3. The Kier molecular flexibility index (Phi) is 17.1. The molecule has 0 amide bonds. The molecule has 14 nitrogen and oxygen atoms in total. The van der Waals surface area contributed by atoms with E-state index in [-0.39, 0.29) is 37.5 Å². The minimum atomic E-state index is -0.988. The van der Waals surface area contributed by atoms with Crippen LogP contribution in [0.5, 0.6) is 0 Å². The minimum Gasteiger partial charge on any atom is -0.481 e. The van der Waals surface area contributed by atoms with Gasteiger partial charge in [-0.25, -0.2) is 4.79 Å². The second kappa shape index (κ2) is 16.2. The second-order valence-corrected chi connectivity index (χ2v) is 4.99. The average molecular weight is 393 g/mol. The topological polar surface area (TPSA) is 265 Å². The molecule has 0 rings (SSSR count). The predicted molar refractivity (Wildman–Crippen MR) is 101 cm³/mol. The SMILES string of the molecule is CC(C(=O)O)N(C)C(=N)N.CN(CCC(=O)O)C(=N)N.NC(N)=NCCO. The van der Waals surface area contributed by atoms with Gasteiger partial charge in [0.25, 0.3) is 0 Å². The van der Waals surface area contributed by atoms with Crippen LogP contribution in [-0.2, 0) is 9.59 Å². The number of carboxylic acids is 2. The molecular weight excluding hydrogens is 362 g/mol. The lowest BCUT2D eigenvalue weighted by atomic mass is 10.3. The molecule has 0 aromatic heterocycles. The van der Waals surface area contributed by atoms with E-state index in [1.165, 1.54) is 23.8 Å². The number of nitrogens with one attached hydrogen (secondary N) is 2. The number of likely N-dealkylation sites (N-methyl/N-ethyl adjacent to an activating group) is 1. The molecule has 0 aromatic carbocycles. The molecule has 0 aliphatic heterocycles. The van der Waals surface area contributed by atoms with Gasteiger partial charge in [0, 0.05) is 20.6 Å². The molecule has 0 radical (unpaired) electrons. The fourth-order valence-electron chi connectivity index (χ4n) is 0.937. The van der Waals surface area contributed by atoms with Gasteiger partial charge < -0.3 is 48.1 Å². The number of carbonyl (C=O) groups is 2. The van der Waals surface area contributed by atoms with Gasteiger partial charge in [-0.3, -0.25) is 20.6 Å². The van der Waals surface area contributed by atoms with Crippen LogP contribution >= 0.6 is 0 Å². The number of aliphatic hydroxyl groups excluding tert-OH is 1. The van der Waals surface area contributed by atoms with Gasteiger partial charge in [-0.2, -0.15) is 0 Å². The van der Waals surface area contributed by atoms with Crippen molar-refractivity contribution in [1.82, 2.24) is 9.80 Å². The van der Waals surface area contributed by atoms with Gasteiger partial charge in [0.2, 0.25) is 0 Å². The van der Waals surface area contributed by atoms with Crippen LogP contribution in [0.15, 0.2) is 4.99 Å². The molecule has 1 unspecified atom stereocenters. The summed E-state index contributed by atoms with van der Waals surface area (Å²) in [4.78, 5) is 26.2. The molecule has 0 spiro atoms. The highest BCUT2D eigenvalue weighted by Crippen LogP contribution is 1.92. The molecular formula is C13H31N9O5. The smallest absolute Gasteiger partial charge is 0.326 e. The average Bonchev–Trinajstić information content (AvgIpc) is 2.56. The first-order chi connectivity index (χ1) is 12.3. The monoisotopic (exact) mass is 393 g/mol. The number of nitrogens with two attached hydrogens (primary N) is 4. The Morgan fingerprint density at radius 3 is 1.74 bits per heavy atom. The fraction of sp³-hybridized carbons (Fsp3) is 0.615. The van der Waals surface area contributed by atoms with Crippen molar-refractivity contribution in [2.75, 3.05) is 33.8 Å². The first kappa shape index (κ1) is 28.5. The number of hydrogen-bond acceptors (Lipinski definition) is 6. The van der Waals surface area contributed by atoms with Crippen molar-refractivity contribution in [1.29, 1.82) is 10.8 Å². The zero-order valence-corrected chi connectivity index (χ0v) is 15.7. The lowest BCUT2D eigenvalue weighted by molar-refractivity contribution is -0.141. The highest BCUT2D eigenvalue weighted by Gasteiger charge is 2.16. The van der Waals surface area contributed by atoms with Crippen LogP contribution in [0.3, 0.4) is 0 Å². The fourth-order valence-corrected chi connectivity index (χ4v) is 0.937. The Labute approximate surface area is 157 Å². The number of aliphatic hydroxyl groups is 1. The van der Waals surface area contributed by atoms with Crippen molar-refractivity contribution in [3.63, 3.8) is 0 Å². The maximum atomic E-state index is 10.3.